The normalized spacial score (nSPS) is 12.2. The minimum Gasteiger partial charge on any atom is -0.462 e. The molecule has 0 bridgehead atoms. The van der Waals surface area contributed by atoms with Crippen LogP contribution in [0.25, 0.3) is 0 Å². The standard InChI is InChI=1S/C54H98O6/c1-4-7-10-13-16-19-22-23-24-25-26-27-28-29-30-31-33-35-38-41-44-47-53(56)59-50-51(49-58-52(55)46-43-40-37-34-21-18-15-12-9-6-3)60-54(57)48-45-42-39-36-32-20-17-14-11-8-5-2/h12,14-15,17,25-26,51H,4-11,13,16,18-24,27-50H2,1-3H3/b15-12-,17-14-,26-25-. The molecule has 1 atom stereocenters. The van der Waals surface area contributed by atoms with Gasteiger partial charge in [-0.3, -0.25) is 14.4 Å². The number of hydrogen-bond acceptors (Lipinski definition) is 6. The summed E-state index contributed by atoms with van der Waals surface area (Å²) in [7, 11) is 0. The summed E-state index contributed by atoms with van der Waals surface area (Å²) in [5, 5.41) is 0. The second-order valence-corrected chi connectivity index (χ2v) is 17.4. The van der Waals surface area contributed by atoms with Gasteiger partial charge in [-0.1, -0.05) is 205 Å². The monoisotopic (exact) mass is 843 g/mol. The fourth-order valence-electron chi connectivity index (χ4n) is 7.36. The van der Waals surface area contributed by atoms with E-state index in [0.29, 0.717) is 19.3 Å². The quantitative estimate of drug-likeness (QED) is 0.0263. The van der Waals surface area contributed by atoms with E-state index in [1.807, 2.05) is 0 Å². The summed E-state index contributed by atoms with van der Waals surface area (Å²) >= 11 is 0. The van der Waals surface area contributed by atoms with Gasteiger partial charge in [-0.25, -0.2) is 0 Å². The number of esters is 3. The third-order valence-corrected chi connectivity index (χ3v) is 11.3. The molecule has 1 unspecified atom stereocenters. The molecule has 0 aromatic heterocycles. The molecule has 350 valence electrons. The van der Waals surface area contributed by atoms with Crippen LogP contribution in [0.4, 0.5) is 0 Å². The van der Waals surface area contributed by atoms with Crippen molar-refractivity contribution in [1.29, 1.82) is 0 Å². The van der Waals surface area contributed by atoms with Gasteiger partial charge in [0.05, 0.1) is 0 Å². The molecule has 0 aliphatic carbocycles. The van der Waals surface area contributed by atoms with E-state index in [9.17, 15) is 14.4 Å². The van der Waals surface area contributed by atoms with Crippen molar-refractivity contribution >= 4 is 17.9 Å². The highest BCUT2D eigenvalue weighted by atomic mass is 16.6. The minimum atomic E-state index is -0.776. The van der Waals surface area contributed by atoms with E-state index < -0.39 is 6.10 Å². The smallest absolute Gasteiger partial charge is 0.306 e. The number of ether oxygens (including phenoxy) is 3. The Bertz CT molecular complexity index is 1020. The molecule has 0 heterocycles. The lowest BCUT2D eigenvalue weighted by atomic mass is 10.1. The maximum Gasteiger partial charge on any atom is 0.306 e. The Hall–Kier alpha value is -2.37. The average molecular weight is 843 g/mol. The first kappa shape index (κ1) is 57.6. The van der Waals surface area contributed by atoms with Crippen LogP contribution in [0, 0.1) is 0 Å². The topological polar surface area (TPSA) is 78.9 Å². The van der Waals surface area contributed by atoms with E-state index in [4.69, 9.17) is 14.2 Å². The Morgan fingerprint density at radius 1 is 0.317 bits per heavy atom. The largest absolute Gasteiger partial charge is 0.462 e. The average Bonchev–Trinajstić information content (AvgIpc) is 3.24. The lowest BCUT2D eigenvalue weighted by Crippen LogP contribution is -2.30. The lowest BCUT2D eigenvalue weighted by Gasteiger charge is -2.18. The van der Waals surface area contributed by atoms with Crippen LogP contribution < -0.4 is 0 Å². The van der Waals surface area contributed by atoms with E-state index in [1.165, 1.54) is 148 Å². The van der Waals surface area contributed by atoms with Gasteiger partial charge in [-0.05, 0) is 83.5 Å². The minimum absolute atomic E-state index is 0.0780. The summed E-state index contributed by atoms with van der Waals surface area (Å²) in [5.41, 5.74) is 0. The van der Waals surface area contributed by atoms with Crippen LogP contribution in [0.15, 0.2) is 36.5 Å². The van der Waals surface area contributed by atoms with Crippen molar-refractivity contribution in [2.24, 2.45) is 0 Å². The molecule has 0 aliphatic rings. The van der Waals surface area contributed by atoms with Crippen molar-refractivity contribution in [3.05, 3.63) is 36.5 Å². The Morgan fingerprint density at radius 2 is 0.600 bits per heavy atom. The number of hydrogen-bond donors (Lipinski definition) is 0. The maximum atomic E-state index is 12.7. The number of allylic oxidation sites excluding steroid dienone is 6. The molecule has 0 rings (SSSR count). The van der Waals surface area contributed by atoms with E-state index in [0.717, 1.165) is 83.5 Å². The fourth-order valence-corrected chi connectivity index (χ4v) is 7.36. The van der Waals surface area contributed by atoms with Crippen molar-refractivity contribution in [1.82, 2.24) is 0 Å². The second kappa shape index (κ2) is 49.3. The molecule has 0 saturated carbocycles. The predicted molar refractivity (Wildman–Crippen MR) is 256 cm³/mol. The van der Waals surface area contributed by atoms with Crippen LogP contribution in [0.2, 0.25) is 0 Å². The van der Waals surface area contributed by atoms with E-state index in [-0.39, 0.29) is 31.1 Å². The number of unbranched alkanes of at least 4 members (excludes halogenated alkanes) is 30. The first-order valence-corrected chi connectivity index (χ1v) is 26.0. The molecular weight excluding hydrogens is 745 g/mol. The first-order chi connectivity index (χ1) is 29.5. The first-order valence-electron chi connectivity index (χ1n) is 26.0. The van der Waals surface area contributed by atoms with Crippen molar-refractivity contribution in [2.45, 2.75) is 277 Å². The Labute approximate surface area is 372 Å². The van der Waals surface area contributed by atoms with E-state index in [1.54, 1.807) is 0 Å². The van der Waals surface area contributed by atoms with Gasteiger partial charge in [0.15, 0.2) is 6.10 Å². The Morgan fingerprint density at radius 3 is 0.950 bits per heavy atom. The zero-order chi connectivity index (χ0) is 43.7. The van der Waals surface area contributed by atoms with Gasteiger partial charge in [-0.2, -0.15) is 0 Å². The highest BCUT2D eigenvalue weighted by molar-refractivity contribution is 5.71. The molecule has 0 aromatic rings. The van der Waals surface area contributed by atoms with Crippen LogP contribution in [0.3, 0.4) is 0 Å². The zero-order valence-electron chi connectivity index (χ0n) is 40.0. The fraction of sp³-hybridized carbons (Fsp3) is 0.833. The summed E-state index contributed by atoms with van der Waals surface area (Å²) in [6.45, 7) is 6.54. The van der Waals surface area contributed by atoms with E-state index >= 15 is 0 Å². The van der Waals surface area contributed by atoms with E-state index in [2.05, 4.69) is 57.2 Å². The third kappa shape index (κ3) is 46.7. The molecule has 0 N–H and O–H groups in total. The zero-order valence-corrected chi connectivity index (χ0v) is 40.0. The molecule has 60 heavy (non-hydrogen) atoms. The second-order valence-electron chi connectivity index (χ2n) is 17.4. The number of carbonyl (C=O) groups excluding carboxylic acids is 3. The van der Waals surface area contributed by atoms with Gasteiger partial charge in [-0.15, -0.1) is 0 Å². The number of rotatable bonds is 47. The van der Waals surface area contributed by atoms with Gasteiger partial charge >= 0.3 is 17.9 Å². The third-order valence-electron chi connectivity index (χ3n) is 11.3. The lowest BCUT2D eigenvalue weighted by molar-refractivity contribution is -0.167. The van der Waals surface area contributed by atoms with Crippen molar-refractivity contribution < 1.29 is 28.6 Å². The van der Waals surface area contributed by atoms with Crippen molar-refractivity contribution in [3.63, 3.8) is 0 Å². The molecule has 0 amide bonds. The van der Waals surface area contributed by atoms with Crippen LogP contribution in [0.5, 0.6) is 0 Å². The van der Waals surface area contributed by atoms with Crippen LogP contribution in [0.1, 0.15) is 271 Å². The number of carbonyl (C=O) groups is 3. The molecule has 0 saturated heterocycles. The van der Waals surface area contributed by atoms with Crippen LogP contribution in [-0.2, 0) is 28.6 Å². The molecule has 0 spiro atoms. The molecular formula is C54H98O6. The Balaban J connectivity index is 4.23. The van der Waals surface area contributed by atoms with Crippen LogP contribution >= 0.6 is 0 Å². The summed E-state index contributed by atoms with van der Waals surface area (Å²) in [6.07, 6.45) is 57.1. The van der Waals surface area contributed by atoms with Gasteiger partial charge in [0, 0.05) is 19.3 Å². The van der Waals surface area contributed by atoms with Gasteiger partial charge in [0.25, 0.3) is 0 Å². The molecule has 0 radical (unpaired) electrons. The summed E-state index contributed by atoms with van der Waals surface area (Å²) in [6, 6.07) is 0. The highest BCUT2D eigenvalue weighted by Gasteiger charge is 2.19. The summed E-state index contributed by atoms with van der Waals surface area (Å²) in [5.74, 6) is -0.895. The summed E-state index contributed by atoms with van der Waals surface area (Å²) in [4.78, 5) is 37.8. The molecule has 0 fully saturated rings. The molecule has 0 aliphatic heterocycles. The van der Waals surface area contributed by atoms with Crippen molar-refractivity contribution in [3.8, 4) is 0 Å². The SMILES string of the molecule is CCC/C=C\CCCCCCCC(=O)OCC(COC(=O)CCCCCCCCCCC/C=C\CCCCCCCCCC)OC(=O)CCCCCCC/C=C\CCCC. The Kier molecular flexibility index (Phi) is 47.3. The maximum absolute atomic E-state index is 12.7. The highest BCUT2D eigenvalue weighted by Crippen LogP contribution is 2.15. The van der Waals surface area contributed by atoms with Gasteiger partial charge in [0.1, 0.15) is 13.2 Å². The predicted octanol–water partition coefficient (Wildman–Crippen LogP) is 16.9. The van der Waals surface area contributed by atoms with Gasteiger partial charge < -0.3 is 14.2 Å². The molecule has 6 heteroatoms. The molecule has 0 aromatic carbocycles. The molecule has 6 nitrogen and oxygen atoms in total. The van der Waals surface area contributed by atoms with Crippen molar-refractivity contribution in [2.75, 3.05) is 13.2 Å². The summed E-state index contributed by atoms with van der Waals surface area (Å²) < 4.78 is 16.7. The van der Waals surface area contributed by atoms with Gasteiger partial charge in [0.2, 0.25) is 0 Å². The van der Waals surface area contributed by atoms with Crippen LogP contribution in [-0.4, -0.2) is 37.2 Å².